The van der Waals surface area contributed by atoms with Crippen LogP contribution in [0.2, 0.25) is 0 Å². The molecule has 3 aromatic rings. The van der Waals surface area contributed by atoms with E-state index in [9.17, 15) is 37.6 Å². The summed E-state index contributed by atoms with van der Waals surface area (Å²) in [5.41, 5.74) is -0.941. The third-order valence-electron chi connectivity index (χ3n) is 10.8. The molecule has 3 atom stereocenters. The number of imide groups is 1. The van der Waals surface area contributed by atoms with Gasteiger partial charge in [-0.05, 0) is 93.8 Å². The first kappa shape index (κ1) is 42.3. The number of carbonyl (C=O) groups excluding carboxylic acids is 4. The van der Waals surface area contributed by atoms with E-state index in [1.165, 1.54) is 11.0 Å². The molecule has 3 aliphatic heterocycles. The average molecular weight is 821 g/mol. The summed E-state index contributed by atoms with van der Waals surface area (Å²) in [6.07, 6.45) is -3.50. The minimum absolute atomic E-state index is 0.00940. The van der Waals surface area contributed by atoms with E-state index in [0.29, 0.717) is 55.3 Å². The number of halogens is 3. The van der Waals surface area contributed by atoms with Crippen LogP contribution < -0.4 is 30.5 Å². The van der Waals surface area contributed by atoms with Crippen LogP contribution >= 0.6 is 12.6 Å². The Balaban J connectivity index is 1.01. The Bertz CT molecular complexity index is 2110. The van der Waals surface area contributed by atoms with Crippen LogP contribution in [0.25, 0.3) is 0 Å². The summed E-state index contributed by atoms with van der Waals surface area (Å²) in [6, 6.07) is 17.1. The highest BCUT2D eigenvalue weighted by Crippen LogP contribution is 2.43. The fourth-order valence-corrected chi connectivity index (χ4v) is 8.32. The van der Waals surface area contributed by atoms with E-state index in [1.807, 2.05) is 25.1 Å². The summed E-state index contributed by atoms with van der Waals surface area (Å²) < 4.78 is 47.6. The molecule has 4 amide bonds. The minimum Gasteiger partial charge on any atom is -0.492 e. The van der Waals surface area contributed by atoms with Crippen molar-refractivity contribution < 1.29 is 37.1 Å². The third kappa shape index (κ3) is 9.19. The molecule has 3 heterocycles. The van der Waals surface area contributed by atoms with E-state index >= 15 is 0 Å². The second kappa shape index (κ2) is 17.3. The molecule has 3 fully saturated rings. The highest BCUT2D eigenvalue weighted by Gasteiger charge is 2.52. The van der Waals surface area contributed by atoms with E-state index < -0.39 is 40.3 Å². The number of hydrogen-bond donors (Lipinski definition) is 4. The number of nitriles is 1. The molecule has 308 valence electrons. The van der Waals surface area contributed by atoms with Gasteiger partial charge in [0.05, 0.1) is 23.7 Å². The zero-order valence-electron chi connectivity index (χ0n) is 32.7. The molecule has 13 nitrogen and oxygen atoms in total. The summed E-state index contributed by atoms with van der Waals surface area (Å²) in [7, 11) is 0. The first-order valence-electron chi connectivity index (χ1n) is 19.1. The number of ether oxygens (including phenoxy) is 1. The SMILES string of the molecule is CCc1cc(N2[C@H](S)N(c3ccc(C#N)c(C(F)(F)F)c3)C(=O)C2(C)C)ccc1OCCN1CCN(CC(=O)Nc2cccc(NC3CCC(=O)NC3=O)c2)[C@@H](C)C1. The molecule has 3 aliphatic rings. The molecule has 0 saturated carbocycles. The van der Waals surface area contributed by atoms with Gasteiger partial charge in [-0.3, -0.25) is 39.2 Å². The molecule has 17 heteroatoms. The van der Waals surface area contributed by atoms with Gasteiger partial charge < -0.3 is 20.3 Å². The molecule has 0 aliphatic carbocycles. The van der Waals surface area contributed by atoms with Gasteiger partial charge in [-0.15, -0.1) is 12.6 Å². The fraction of sp³-hybridized carbons (Fsp3) is 0.439. The predicted octanol–water partition coefficient (Wildman–Crippen LogP) is 5.23. The number of piperazine rings is 1. The van der Waals surface area contributed by atoms with Gasteiger partial charge >= 0.3 is 6.18 Å². The molecule has 0 radical (unpaired) electrons. The lowest BCUT2D eigenvalue weighted by molar-refractivity contribution is -0.138. The van der Waals surface area contributed by atoms with Gasteiger partial charge in [0.2, 0.25) is 17.7 Å². The molecule has 3 N–H and O–H groups in total. The number of benzene rings is 3. The van der Waals surface area contributed by atoms with Gasteiger partial charge in [-0.1, -0.05) is 13.0 Å². The average Bonchev–Trinajstić information content (AvgIpc) is 3.35. The Morgan fingerprint density at radius 3 is 2.48 bits per heavy atom. The fourth-order valence-electron chi connectivity index (χ4n) is 7.66. The van der Waals surface area contributed by atoms with Crippen molar-refractivity contribution in [1.29, 1.82) is 5.26 Å². The summed E-state index contributed by atoms with van der Waals surface area (Å²) in [4.78, 5) is 57.7. The van der Waals surface area contributed by atoms with Crippen LogP contribution in [0.15, 0.2) is 60.7 Å². The first-order valence-corrected chi connectivity index (χ1v) is 19.7. The Morgan fingerprint density at radius 1 is 1.05 bits per heavy atom. The zero-order valence-corrected chi connectivity index (χ0v) is 33.6. The zero-order chi connectivity index (χ0) is 41.9. The lowest BCUT2D eigenvalue weighted by Crippen LogP contribution is -2.54. The number of anilines is 4. The highest BCUT2D eigenvalue weighted by molar-refractivity contribution is 7.81. The number of rotatable bonds is 12. The minimum atomic E-state index is -4.78. The van der Waals surface area contributed by atoms with Crippen LogP contribution in [0.4, 0.5) is 35.9 Å². The second-order valence-corrected chi connectivity index (χ2v) is 15.6. The van der Waals surface area contributed by atoms with Crippen molar-refractivity contribution >= 4 is 59.0 Å². The Hall–Kier alpha value is -5.31. The number of carbonyl (C=O) groups is 4. The van der Waals surface area contributed by atoms with Crippen molar-refractivity contribution in [2.75, 3.05) is 59.8 Å². The summed E-state index contributed by atoms with van der Waals surface area (Å²) in [6.45, 7) is 10.9. The molecule has 3 aromatic carbocycles. The first-order chi connectivity index (χ1) is 27.5. The van der Waals surface area contributed by atoms with Gasteiger partial charge in [0, 0.05) is 61.4 Å². The predicted molar refractivity (Wildman–Crippen MR) is 217 cm³/mol. The Morgan fingerprint density at radius 2 is 1.79 bits per heavy atom. The van der Waals surface area contributed by atoms with Crippen molar-refractivity contribution in [2.45, 2.75) is 76.3 Å². The van der Waals surface area contributed by atoms with Crippen LogP contribution in [0.1, 0.15) is 57.2 Å². The Labute approximate surface area is 340 Å². The van der Waals surface area contributed by atoms with Crippen LogP contribution in [0.3, 0.4) is 0 Å². The smallest absolute Gasteiger partial charge is 0.417 e. The quantitative estimate of drug-likeness (QED) is 0.142. The van der Waals surface area contributed by atoms with Crippen molar-refractivity contribution in [2.24, 2.45) is 0 Å². The number of alkyl halides is 3. The van der Waals surface area contributed by atoms with Crippen LogP contribution in [0.5, 0.6) is 5.75 Å². The summed E-state index contributed by atoms with van der Waals surface area (Å²) >= 11 is 4.72. The number of nitrogens with one attached hydrogen (secondary N) is 3. The number of amides is 4. The molecule has 1 unspecified atom stereocenters. The largest absolute Gasteiger partial charge is 0.492 e. The summed E-state index contributed by atoms with van der Waals surface area (Å²) in [5, 5.41) is 17.7. The highest BCUT2D eigenvalue weighted by atomic mass is 32.1. The topological polar surface area (TPSA) is 150 Å². The molecular formula is C41H47F3N8O5S. The summed E-state index contributed by atoms with van der Waals surface area (Å²) in [5.74, 6) is -0.558. The monoisotopic (exact) mass is 820 g/mol. The van der Waals surface area contributed by atoms with Gasteiger partial charge in [-0.2, -0.15) is 18.4 Å². The van der Waals surface area contributed by atoms with E-state index in [1.54, 1.807) is 49.1 Å². The number of hydrogen-bond acceptors (Lipinski definition) is 11. The standard InChI is InChI=1S/C41H47F3N8O5S/c1-5-26-19-31(52-39(58)51(38(56)40(52,3)4)30-10-9-27(22-45)32(21-30)41(42,43)44)11-13-34(26)57-18-17-49-15-16-50(25(2)23-49)24-36(54)47-29-8-6-7-28(20-29)46-33-12-14-35(53)48-37(33)55/h6-11,13,19-21,25,33,39,46,58H,5,12,14-18,23-24H2,1-4H3,(H,47,54)(H,48,53,55)/t25-,33?,39+/m0/s1. The number of nitrogens with zero attached hydrogens (tertiary/aromatic N) is 5. The van der Waals surface area contributed by atoms with E-state index in [2.05, 4.69) is 32.7 Å². The van der Waals surface area contributed by atoms with Crippen molar-refractivity contribution in [3.8, 4) is 11.8 Å². The maximum Gasteiger partial charge on any atom is 0.417 e. The van der Waals surface area contributed by atoms with Gasteiger partial charge in [0.15, 0.2) is 5.50 Å². The Kier molecular flexibility index (Phi) is 12.6. The molecule has 0 aromatic heterocycles. The number of piperidine rings is 1. The normalized spacial score (nSPS) is 21.4. The van der Waals surface area contributed by atoms with Crippen LogP contribution in [0, 0.1) is 11.3 Å². The van der Waals surface area contributed by atoms with Crippen molar-refractivity contribution in [3.63, 3.8) is 0 Å². The van der Waals surface area contributed by atoms with Crippen LogP contribution in [-0.4, -0.2) is 95.9 Å². The van der Waals surface area contributed by atoms with Crippen LogP contribution in [-0.2, 0) is 31.8 Å². The maximum absolute atomic E-state index is 13.8. The maximum atomic E-state index is 13.8. The van der Waals surface area contributed by atoms with Crippen molar-refractivity contribution in [3.05, 3.63) is 77.4 Å². The molecule has 3 saturated heterocycles. The number of thiol groups is 1. The number of aryl methyl sites for hydroxylation is 1. The van der Waals surface area contributed by atoms with Gasteiger partial charge in [0.1, 0.15) is 23.9 Å². The van der Waals surface area contributed by atoms with Crippen molar-refractivity contribution in [1.82, 2.24) is 15.1 Å². The van der Waals surface area contributed by atoms with E-state index in [-0.39, 0.29) is 42.4 Å². The lowest BCUT2D eigenvalue weighted by atomic mass is 10.0. The third-order valence-corrected chi connectivity index (χ3v) is 11.3. The molecule has 6 rings (SSSR count). The van der Waals surface area contributed by atoms with Gasteiger partial charge in [-0.25, -0.2) is 0 Å². The molecule has 0 bridgehead atoms. The molecule has 58 heavy (non-hydrogen) atoms. The molecule has 0 spiro atoms. The van der Waals surface area contributed by atoms with E-state index in [4.69, 9.17) is 17.4 Å². The second-order valence-electron chi connectivity index (χ2n) is 15.2. The molecular weight excluding hydrogens is 774 g/mol. The van der Waals surface area contributed by atoms with E-state index in [0.717, 1.165) is 30.8 Å². The lowest BCUT2D eigenvalue weighted by Gasteiger charge is -2.39. The van der Waals surface area contributed by atoms with Gasteiger partial charge in [0.25, 0.3) is 5.91 Å².